The van der Waals surface area contributed by atoms with Crippen molar-refractivity contribution in [3.8, 4) is 0 Å². The van der Waals surface area contributed by atoms with E-state index >= 15 is 0 Å². The third-order valence-electron chi connectivity index (χ3n) is 2.75. The minimum atomic E-state index is -3.81. The lowest BCUT2D eigenvalue weighted by molar-refractivity contribution is 0.0698. The van der Waals surface area contributed by atoms with Crippen molar-refractivity contribution in [2.75, 3.05) is 20.6 Å². The van der Waals surface area contributed by atoms with Crippen molar-refractivity contribution >= 4 is 27.3 Å². The molecule has 0 aliphatic rings. The molecule has 0 aromatic carbocycles. The molecule has 1 unspecified atom stereocenters. The molecule has 0 spiro atoms. The topological polar surface area (TPSA) is 86.7 Å². The zero-order chi connectivity index (χ0) is 15.5. The first-order chi connectivity index (χ1) is 9.15. The summed E-state index contributed by atoms with van der Waals surface area (Å²) in [5.41, 5.74) is 0.458. The van der Waals surface area contributed by atoms with E-state index in [0.717, 1.165) is 17.9 Å². The van der Waals surface area contributed by atoms with E-state index in [0.29, 0.717) is 12.0 Å². The van der Waals surface area contributed by atoms with Crippen LogP contribution in [-0.2, 0) is 10.0 Å². The van der Waals surface area contributed by atoms with Gasteiger partial charge in [0.05, 0.1) is 0 Å². The summed E-state index contributed by atoms with van der Waals surface area (Å²) < 4.78 is 27.2. The molecule has 1 aromatic rings. The summed E-state index contributed by atoms with van der Waals surface area (Å²) in [6.45, 7) is 4.11. The van der Waals surface area contributed by atoms with E-state index in [4.69, 9.17) is 5.11 Å². The van der Waals surface area contributed by atoms with Gasteiger partial charge in [-0.3, -0.25) is 0 Å². The lowest BCUT2D eigenvalue weighted by Crippen LogP contribution is -2.35. The van der Waals surface area contributed by atoms with Crippen LogP contribution in [-0.4, -0.2) is 51.1 Å². The van der Waals surface area contributed by atoms with Gasteiger partial charge >= 0.3 is 5.97 Å². The number of sulfonamides is 1. The number of nitrogens with one attached hydrogen (secondary N) is 1. The van der Waals surface area contributed by atoms with E-state index in [1.807, 2.05) is 19.0 Å². The maximum Gasteiger partial charge on any atom is 0.347 e. The Morgan fingerprint density at radius 3 is 2.60 bits per heavy atom. The van der Waals surface area contributed by atoms with Gasteiger partial charge in [0.25, 0.3) is 0 Å². The van der Waals surface area contributed by atoms with Crippen LogP contribution in [0.2, 0.25) is 0 Å². The number of carboxylic acids is 1. The van der Waals surface area contributed by atoms with E-state index in [1.54, 1.807) is 19.2 Å². The molecular formula is C12H20N2O4S2. The number of carbonyl (C=O) groups is 1. The number of carboxylic acid groups (broad SMARTS) is 1. The lowest BCUT2D eigenvalue weighted by atomic mass is 10.2. The van der Waals surface area contributed by atoms with Crippen molar-refractivity contribution in [1.29, 1.82) is 0 Å². The summed E-state index contributed by atoms with van der Waals surface area (Å²) in [6, 6.07) is -0.261. The quantitative estimate of drug-likeness (QED) is 0.792. The van der Waals surface area contributed by atoms with Crippen molar-refractivity contribution < 1.29 is 18.3 Å². The maximum atomic E-state index is 12.3. The SMILES string of the molecule is Cc1csc(C(=O)O)c1S(=O)(=O)NC(C)CCN(C)C. The van der Waals surface area contributed by atoms with E-state index in [1.165, 1.54) is 0 Å². The van der Waals surface area contributed by atoms with Crippen molar-refractivity contribution in [3.63, 3.8) is 0 Å². The summed E-state index contributed by atoms with van der Waals surface area (Å²) in [4.78, 5) is 12.8. The van der Waals surface area contributed by atoms with Crippen LogP contribution in [0.15, 0.2) is 10.3 Å². The van der Waals surface area contributed by atoms with Crippen molar-refractivity contribution in [1.82, 2.24) is 9.62 Å². The van der Waals surface area contributed by atoms with Crippen molar-refractivity contribution in [2.24, 2.45) is 0 Å². The van der Waals surface area contributed by atoms with E-state index in [9.17, 15) is 13.2 Å². The average molecular weight is 320 g/mol. The molecule has 1 atom stereocenters. The highest BCUT2D eigenvalue weighted by Crippen LogP contribution is 2.27. The molecule has 20 heavy (non-hydrogen) atoms. The Kier molecular flexibility index (Phi) is 5.69. The number of aryl methyl sites for hydroxylation is 1. The third kappa shape index (κ3) is 4.27. The molecule has 0 saturated heterocycles. The highest BCUT2D eigenvalue weighted by atomic mass is 32.2. The maximum absolute atomic E-state index is 12.3. The van der Waals surface area contributed by atoms with E-state index in [2.05, 4.69) is 4.72 Å². The lowest BCUT2D eigenvalue weighted by Gasteiger charge is -2.17. The molecule has 1 aromatic heterocycles. The Labute approximate surface area is 123 Å². The van der Waals surface area contributed by atoms with Gasteiger partial charge in [-0.2, -0.15) is 0 Å². The number of hydrogen-bond acceptors (Lipinski definition) is 5. The Balaban J connectivity index is 2.94. The molecule has 0 bridgehead atoms. The molecule has 2 N–H and O–H groups in total. The second-order valence-electron chi connectivity index (χ2n) is 5.00. The second kappa shape index (κ2) is 6.66. The number of nitrogens with zero attached hydrogens (tertiary/aromatic N) is 1. The number of thiophene rings is 1. The van der Waals surface area contributed by atoms with Crippen LogP contribution < -0.4 is 4.72 Å². The van der Waals surface area contributed by atoms with Gasteiger partial charge in [-0.25, -0.2) is 17.9 Å². The smallest absolute Gasteiger partial charge is 0.347 e. The van der Waals surface area contributed by atoms with Crippen LogP contribution in [0.4, 0.5) is 0 Å². The van der Waals surface area contributed by atoms with Gasteiger partial charge in [-0.15, -0.1) is 11.3 Å². The summed E-state index contributed by atoms with van der Waals surface area (Å²) in [7, 11) is 0.00965. The van der Waals surface area contributed by atoms with Gasteiger partial charge < -0.3 is 10.0 Å². The van der Waals surface area contributed by atoms with Crippen molar-refractivity contribution in [2.45, 2.75) is 31.2 Å². The molecule has 8 heteroatoms. The van der Waals surface area contributed by atoms with Gasteiger partial charge in [-0.1, -0.05) is 0 Å². The normalized spacial score (nSPS) is 13.7. The molecule has 0 fully saturated rings. The second-order valence-corrected chi connectivity index (χ2v) is 7.53. The Bertz CT molecular complexity index is 578. The van der Waals surface area contributed by atoms with Crippen LogP contribution in [0, 0.1) is 6.92 Å². The predicted octanol–water partition coefficient (Wildman–Crippen LogP) is 1.37. The average Bonchev–Trinajstić information content (AvgIpc) is 2.68. The fourth-order valence-corrected chi connectivity index (χ4v) is 4.66. The highest BCUT2D eigenvalue weighted by molar-refractivity contribution is 7.89. The molecule has 1 rings (SSSR count). The van der Waals surface area contributed by atoms with Crippen LogP contribution in [0.25, 0.3) is 0 Å². The van der Waals surface area contributed by atoms with Gasteiger partial charge in [0, 0.05) is 6.04 Å². The monoisotopic (exact) mass is 320 g/mol. The Hall–Kier alpha value is -0.960. The van der Waals surface area contributed by atoms with E-state index < -0.39 is 16.0 Å². The molecule has 0 radical (unpaired) electrons. The van der Waals surface area contributed by atoms with Crippen LogP contribution >= 0.6 is 11.3 Å². The van der Waals surface area contributed by atoms with Gasteiger partial charge in [0.15, 0.2) is 0 Å². The summed E-state index contributed by atoms with van der Waals surface area (Å²) in [6.07, 6.45) is 0.651. The molecule has 0 aliphatic carbocycles. The molecule has 0 amide bonds. The van der Waals surface area contributed by atoms with Crippen LogP contribution in [0.3, 0.4) is 0 Å². The molecule has 0 aliphatic heterocycles. The van der Waals surface area contributed by atoms with Crippen molar-refractivity contribution in [3.05, 3.63) is 15.8 Å². The molecular weight excluding hydrogens is 300 g/mol. The van der Waals surface area contributed by atoms with Crippen LogP contribution in [0.5, 0.6) is 0 Å². The van der Waals surface area contributed by atoms with E-state index in [-0.39, 0.29) is 15.8 Å². The van der Waals surface area contributed by atoms with Crippen LogP contribution in [0.1, 0.15) is 28.6 Å². The fourth-order valence-electron chi connectivity index (χ4n) is 1.75. The predicted molar refractivity (Wildman–Crippen MR) is 79.0 cm³/mol. The van der Waals surface area contributed by atoms with Gasteiger partial charge in [0.1, 0.15) is 9.77 Å². The highest BCUT2D eigenvalue weighted by Gasteiger charge is 2.27. The number of hydrogen-bond donors (Lipinski definition) is 2. The zero-order valence-corrected chi connectivity index (χ0v) is 13.6. The third-order valence-corrected chi connectivity index (χ3v) is 5.74. The van der Waals surface area contributed by atoms with Gasteiger partial charge in [-0.05, 0) is 51.9 Å². The first kappa shape index (κ1) is 17.1. The first-order valence-corrected chi connectivity index (χ1v) is 8.50. The zero-order valence-electron chi connectivity index (χ0n) is 12.0. The molecule has 6 nitrogen and oxygen atoms in total. The Morgan fingerprint density at radius 2 is 2.10 bits per heavy atom. The minimum Gasteiger partial charge on any atom is -0.477 e. The molecule has 1 heterocycles. The standard InChI is InChI=1S/C12H20N2O4S2/c1-8-7-19-10(12(15)16)11(8)20(17,18)13-9(2)5-6-14(3)4/h7,9,13H,5-6H2,1-4H3,(H,15,16). The summed E-state index contributed by atoms with van der Waals surface area (Å²) in [5, 5.41) is 10.6. The number of aromatic carboxylic acids is 1. The minimum absolute atomic E-state index is 0.119. The largest absolute Gasteiger partial charge is 0.477 e. The van der Waals surface area contributed by atoms with Gasteiger partial charge in [0.2, 0.25) is 10.0 Å². The summed E-state index contributed by atoms with van der Waals surface area (Å²) in [5.74, 6) is -1.22. The summed E-state index contributed by atoms with van der Waals surface area (Å²) >= 11 is 0.930. The fraction of sp³-hybridized carbons (Fsp3) is 0.583. The Morgan fingerprint density at radius 1 is 1.50 bits per heavy atom. The number of rotatable bonds is 7. The molecule has 0 saturated carbocycles. The first-order valence-electron chi connectivity index (χ1n) is 6.13. The molecule has 114 valence electrons.